The largest absolute Gasteiger partial charge is 0.368 e. The second-order valence-electron chi connectivity index (χ2n) is 7.59. The average molecular weight is 458 g/mol. The van der Waals surface area contributed by atoms with Gasteiger partial charge in [0.2, 0.25) is 5.91 Å². The molecule has 2 aromatic carbocycles. The summed E-state index contributed by atoms with van der Waals surface area (Å²) < 4.78 is 13.2. The molecule has 3 aromatic rings. The number of fused-ring (bicyclic) bond motifs is 1. The van der Waals surface area contributed by atoms with Crippen LogP contribution in [-0.2, 0) is 4.79 Å². The minimum atomic E-state index is -0.466. The molecule has 2 heterocycles. The van der Waals surface area contributed by atoms with Crippen molar-refractivity contribution in [2.45, 2.75) is 13.0 Å². The summed E-state index contributed by atoms with van der Waals surface area (Å²) in [5.41, 5.74) is 1.30. The lowest BCUT2D eigenvalue weighted by Gasteiger charge is -2.38. The summed E-state index contributed by atoms with van der Waals surface area (Å²) in [6.07, 6.45) is 3.14. The molecule has 1 unspecified atom stereocenters. The second kappa shape index (κ2) is 9.05. The smallest absolute Gasteiger partial charge is 0.278 e. The molecule has 32 heavy (non-hydrogen) atoms. The van der Waals surface area contributed by atoms with Gasteiger partial charge in [-0.2, -0.15) is 0 Å². The van der Waals surface area contributed by atoms with Gasteiger partial charge in [-0.3, -0.25) is 24.8 Å². The maximum Gasteiger partial charge on any atom is 0.278 e. The molecule has 0 spiro atoms. The van der Waals surface area contributed by atoms with E-state index in [0.29, 0.717) is 37.3 Å². The van der Waals surface area contributed by atoms with Gasteiger partial charge < -0.3 is 10.2 Å². The van der Waals surface area contributed by atoms with Crippen molar-refractivity contribution >= 4 is 45.3 Å². The number of hydrogen-bond donors (Lipinski definition) is 1. The van der Waals surface area contributed by atoms with Crippen molar-refractivity contribution in [3.05, 3.63) is 69.7 Å². The van der Waals surface area contributed by atoms with Crippen molar-refractivity contribution in [3.8, 4) is 0 Å². The fourth-order valence-electron chi connectivity index (χ4n) is 3.94. The van der Waals surface area contributed by atoms with Crippen LogP contribution in [-0.4, -0.2) is 52.9 Å². The monoisotopic (exact) mass is 457 g/mol. The molecule has 0 radical (unpaired) electrons. The van der Waals surface area contributed by atoms with Crippen molar-refractivity contribution in [1.82, 2.24) is 9.88 Å². The Bertz CT molecular complexity index is 1180. The highest BCUT2D eigenvalue weighted by atomic mass is 35.5. The molecule has 1 amide bonds. The molecule has 1 fully saturated rings. The number of nitro groups is 1. The SMILES string of the molecule is CC(C(=O)Nc1ccc(F)cc1Cl)N1CCN(c2ccc([N+](=O)[O-])c3cnccc23)CC1. The molecule has 166 valence electrons. The molecule has 1 atom stereocenters. The summed E-state index contributed by atoms with van der Waals surface area (Å²) >= 11 is 6.01. The van der Waals surface area contributed by atoms with E-state index in [9.17, 15) is 19.3 Å². The zero-order valence-electron chi connectivity index (χ0n) is 17.3. The Labute approximate surface area is 188 Å². The van der Waals surface area contributed by atoms with E-state index in [-0.39, 0.29) is 16.6 Å². The van der Waals surface area contributed by atoms with Crippen molar-refractivity contribution < 1.29 is 14.1 Å². The molecule has 1 aromatic heterocycles. The predicted molar refractivity (Wildman–Crippen MR) is 122 cm³/mol. The van der Waals surface area contributed by atoms with E-state index in [4.69, 9.17) is 11.6 Å². The number of pyridine rings is 1. The third-order valence-corrected chi connectivity index (χ3v) is 6.05. The number of halogens is 2. The predicted octanol–water partition coefficient (Wildman–Crippen LogP) is 4.08. The van der Waals surface area contributed by atoms with Gasteiger partial charge >= 0.3 is 0 Å². The van der Waals surface area contributed by atoms with Gasteiger partial charge in [-0.25, -0.2) is 4.39 Å². The molecule has 0 bridgehead atoms. The van der Waals surface area contributed by atoms with Crippen LogP contribution in [0.25, 0.3) is 10.8 Å². The normalized spacial score (nSPS) is 15.5. The maximum absolute atomic E-state index is 13.2. The molecule has 0 saturated carbocycles. The number of non-ortho nitro benzene ring substituents is 1. The van der Waals surface area contributed by atoms with Gasteiger partial charge in [0.05, 0.1) is 27.1 Å². The number of rotatable bonds is 5. The summed E-state index contributed by atoms with van der Waals surface area (Å²) in [4.78, 5) is 31.9. The van der Waals surface area contributed by atoms with Gasteiger partial charge in [0.15, 0.2) is 0 Å². The quantitative estimate of drug-likeness (QED) is 0.458. The molecular weight excluding hydrogens is 437 g/mol. The lowest BCUT2D eigenvalue weighted by molar-refractivity contribution is -0.383. The van der Waals surface area contributed by atoms with Crippen molar-refractivity contribution in [1.29, 1.82) is 0 Å². The van der Waals surface area contributed by atoms with Crippen LogP contribution in [0.15, 0.2) is 48.8 Å². The number of aromatic nitrogens is 1. The minimum Gasteiger partial charge on any atom is -0.368 e. The lowest BCUT2D eigenvalue weighted by atomic mass is 10.1. The second-order valence-corrected chi connectivity index (χ2v) is 8.00. The first kappa shape index (κ1) is 21.9. The highest BCUT2D eigenvalue weighted by Gasteiger charge is 2.27. The fraction of sp³-hybridized carbons (Fsp3) is 0.273. The van der Waals surface area contributed by atoms with Crippen LogP contribution in [0.5, 0.6) is 0 Å². The average Bonchev–Trinajstić information content (AvgIpc) is 2.79. The van der Waals surface area contributed by atoms with Crippen molar-refractivity contribution in [3.63, 3.8) is 0 Å². The number of nitrogens with one attached hydrogen (secondary N) is 1. The number of nitro benzene ring substituents is 1. The summed E-state index contributed by atoms with van der Waals surface area (Å²) in [6, 6.07) is 8.49. The first-order valence-electron chi connectivity index (χ1n) is 10.1. The molecular formula is C22H21ClFN5O3. The van der Waals surface area contributed by atoms with Crippen LogP contribution >= 0.6 is 11.6 Å². The highest BCUT2D eigenvalue weighted by Crippen LogP contribution is 2.33. The first-order chi connectivity index (χ1) is 15.3. The Kier molecular flexibility index (Phi) is 6.20. The number of amides is 1. The Morgan fingerprint density at radius 2 is 1.94 bits per heavy atom. The van der Waals surface area contributed by atoms with E-state index in [1.165, 1.54) is 24.4 Å². The molecule has 1 saturated heterocycles. The summed E-state index contributed by atoms with van der Waals surface area (Å²) in [7, 11) is 0. The number of carbonyl (C=O) groups is 1. The van der Waals surface area contributed by atoms with Crippen LogP contribution in [0.1, 0.15) is 6.92 Å². The Morgan fingerprint density at radius 3 is 2.62 bits per heavy atom. The molecule has 4 rings (SSSR count). The first-order valence-corrected chi connectivity index (χ1v) is 10.5. The Hall–Kier alpha value is -3.30. The third kappa shape index (κ3) is 4.35. The van der Waals surface area contributed by atoms with Crippen LogP contribution in [0.4, 0.5) is 21.5 Å². The van der Waals surface area contributed by atoms with E-state index >= 15 is 0 Å². The Balaban J connectivity index is 1.44. The molecule has 1 aliphatic heterocycles. The van der Waals surface area contributed by atoms with Crippen LogP contribution in [0.2, 0.25) is 5.02 Å². The lowest BCUT2D eigenvalue weighted by Crippen LogP contribution is -2.52. The third-order valence-electron chi connectivity index (χ3n) is 5.74. The topological polar surface area (TPSA) is 91.6 Å². The molecule has 10 heteroatoms. The standard InChI is InChI=1S/C22H21ClFN5O3/c1-14(22(30)26-19-3-2-15(24)12-18(19)23)27-8-10-28(11-9-27)20-4-5-21(29(31)32)17-13-25-7-6-16(17)20/h2-7,12-14H,8-11H2,1H3,(H,26,30). The van der Waals surface area contributed by atoms with Crippen molar-refractivity contribution in [2.24, 2.45) is 0 Å². The van der Waals surface area contributed by atoms with Crippen LogP contribution in [0.3, 0.4) is 0 Å². The summed E-state index contributed by atoms with van der Waals surface area (Å²) in [6.45, 7) is 4.40. The number of nitrogens with zero attached hydrogens (tertiary/aromatic N) is 4. The highest BCUT2D eigenvalue weighted by molar-refractivity contribution is 6.33. The van der Waals surface area contributed by atoms with Crippen molar-refractivity contribution in [2.75, 3.05) is 36.4 Å². The summed E-state index contributed by atoms with van der Waals surface area (Å²) in [5, 5.41) is 15.5. The fourth-order valence-corrected chi connectivity index (χ4v) is 4.15. The zero-order chi connectivity index (χ0) is 22.8. The van der Waals surface area contributed by atoms with Gasteiger partial charge in [0, 0.05) is 55.7 Å². The summed E-state index contributed by atoms with van der Waals surface area (Å²) in [5.74, 6) is -0.689. The zero-order valence-corrected chi connectivity index (χ0v) is 18.1. The van der Waals surface area contributed by atoms with Gasteiger partial charge in [-0.15, -0.1) is 0 Å². The number of carbonyl (C=O) groups excluding carboxylic acids is 1. The van der Waals surface area contributed by atoms with Gasteiger partial charge in [0.25, 0.3) is 5.69 Å². The van der Waals surface area contributed by atoms with Crippen LogP contribution < -0.4 is 10.2 Å². The number of piperazine rings is 1. The van der Waals surface area contributed by atoms with Gasteiger partial charge in [-0.05, 0) is 37.3 Å². The number of anilines is 2. The number of hydrogen-bond acceptors (Lipinski definition) is 6. The van der Waals surface area contributed by atoms with E-state index in [0.717, 1.165) is 17.1 Å². The minimum absolute atomic E-state index is 0.0280. The molecule has 1 N–H and O–H groups in total. The van der Waals surface area contributed by atoms with E-state index < -0.39 is 16.8 Å². The van der Waals surface area contributed by atoms with E-state index in [1.54, 1.807) is 18.3 Å². The van der Waals surface area contributed by atoms with Gasteiger partial charge in [0.1, 0.15) is 5.82 Å². The Morgan fingerprint density at radius 1 is 1.19 bits per heavy atom. The number of benzene rings is 2. The van der Waals surface area contributed by atoms with E-state index in [2.05, 4.69) is 20.1 Å². The van der Waals surface area contributed by atoms with Gasteiger partial charge in [-0.1, -0.05) is 11.6 Å². The van der Waals surface area contributed by atoms with E-state index in [1.807, 2.05) is 6.92 Å². The molecule has 0 aliphatic carbocycles. The maximum atomic E-state index is 13.2. The molecule has 8 nitrogen and oxygen atoms in total. The molecule has 1 aliphatic rings. The van der Waals surface area contributed by atoms with Crippen LogP contribution in [0, 0.1) is 15.9 Å².